The van der Waals surface area contributed by atoms with Gasteiger partial charge in [-0.25, -0.2) is 0 Å². The van der Waals surface area contributed by atoms with Crippen LogP contribution in [0.15, 0.2) is 83.3 Å². The van der Waals surface area contributed by atoms with Crippen molar-refractivity contribution in [2.45, 2.75) is 24.9 Å². The molecule has 1 N–H and O–H groups in total. The van der Waals surface area contributed by atoms with Crippen molar-refractivity contribution in [3.05, 3.63) is 100 Å². The van der Waals surface area contributed by atoms with Gasteiger partial charge in [0.25, 0.3) is 0 Å². The zero-order chi connectivity index (χ0) is 22.2. The molecular formula is C26H28BrNO3. The molecule has 5 heteroatoms. The number of benzene rings is 3. The van der Waals surface area contributed by atoms with Gasteiger partial charge in [0.15, 0.2) is 0 Å². The summed E-state index contributed by atoms with van der Waals surface area (Å²) in [7, 11) is 4.10. The fourth-order valence-electron chi connectivity index (χ4n) is 3.59. The molecule has 0 aliphatic carbocycles. The maximum absolute atomic E-state index is 11.5. The molecule has 2 unspecified atom stereocenters. The van der Waals surface area contributed by atoms with Crippen molar-refractivity contribution in [1.29, 1.82) is 0 Å². The number of rotatable bonds is 10. The van der Waals surface area contributed by atoms with E-state index in [2.05, 4.69) is 47.1 Å². The van der Waals surface area contributed by atoms with Crippen LogP contribution in [0, 0.1) is 0 Å². The number of hydrogen-bond donors (Lipinski definition) is 1. The first-order chi connectivity index (χ1) is 14.9. The number of nitrogens with zero attached hydrogens (tertiary/aromatic N) is 1. The van der Waals surface area contributed by atoms with Gasteiger partial charge in [-0.05, 0) is 58.8 Å². The second kappa shape index (κ2) is 11.1. The molecule has 0 radical (unpaired) electrons. The van der Waals surface area contributed by atoms with Crippen LogP contribution in [0.4, 0.5) is 0 Å². The van der Waals surface area contributed by atoms with Crippen molar-refractivity contribution in [3.63, 3.8) is 0 Å². The molecule has 162 valence electrons. The molecule has 0 aliphatic heterocycles. The van der Waals surface area contributed by atoms with Gasteiger partial charge in [-0.15, -0.1) is 0 Å². The third-order valence-electron chi connectivity index (χ3n) is 5.24. The van der Waals surface area contributed by atoms with Gasteiger partial charge in [0.2, 0.25) is 0 Å². The molecule has 0 heterocycles. The Kier molecular flexibility index (Phi) is 8.27. The number of hydrogen-bond acceptors (Lipinski definition) is 3. The maximum Gasteiger partial charge on any atom is 0.304 e. The summed E-state index contributed by atoms with van der Waals surface area (Å²) in [5, 5.41) is 9.43. The van der Waals surface area contributed by atoms with Crippen molar-refractivity contribution in [2.75, 3.05) is 20.6 Å². The number of carboxylic acid groups (broad SMARTS) is 1. The van der Waals surface area contributed by atoms with E-state index in [1.54, 1.807) is 0 Å². The molecule has 0 amide bonds. The van der Waals surface area contributed by atoms with Crippen molar-refractivity contribution in [1.82, 2.24) is 4.90 Å². The fourth-order valence-corrected chi connectivity index (χ4v) is 3.97. The molecule has 3 aromatic carbocycles. The predicted octanol–water partition coefficient (Wildman–Crippen LogP) is 6.13. The highest BCUT2D eigenvalue weighted by molar-refractivity contribution is 9.10. The van der Waals surface area contributed by atoms with Crippen LogP contribution in [0.5, 0.6) is 5.75 Å². The van der Waals surface area contributed by atoms with Gasteiger partial charge in [0.05, 0.1) is 10.9 Å². The van der Waals surface area contributed by atoms with E-state index < -0.39 is 5.97 Å². The number of ether oxygens (including phenoxy) is 1. The highest BCUT2D eigenvalue weighted by Gasteiger charge is 2.20. The molecule has 0 aromatic heterocycles. The molecule has 2 atom stereocenters. The normalized spacial score (nSPS) is 13.0. The van der Waals surface area contributed by atoms with Gasteiger partial charge < -0.3 is 14.7 Å². The number of para-hydroxylation sites is 1. The van der Waals surface area contributed by atoms with E-state index in [4.69, 9.17) is 4.74 Å². The summed E-state index contributed by atoms with van der Waals surface area (Å²) in [5.41, 5.74) is 3.07. The van der Waals surface area contributed by atoms with Crippen LogP contribution in [0.3, 0.4) is 0 Å². The van der Waals surface area contributed by atoms with Crippen LogP contribution in [0.1, 0.15) is 41.6 Å². The number of aliphatic carboxylic acids is 1. The molecule has 3 aromatic rings. The number of carboxylic acids is 1. The molecule has 3 rings (SSSR count). The van der Waals surface area contributed by atoms with Gasteiger partial charge >= 0.3 is 5.97 Å². The summed E-state index contributed by atoms with van der Waals surface area (Å²) >= 11 is 3.57. The standard InChI is InChI=1S/C26H28BrNO3/c1-28(2)17-16-24(31-25-11-7-6-10-23(25)27)21-14-12-20(13-15-21)22(18-26(29)30)19-8-4-3-5-9-19/h3-15,22,24H,16-18H2,1-2H3,(H,29,30). The minimum absolute atomic E-state index is 0.0564. The Morgan fingerprint density at radius 1 is 0.903 bits per heavy atom. The van der Waals surface area contributed by atoms with Crippen LogP contribution in [0.2, 0.25) is 0 Å². The zero-order valence-electron chi connectivity index (χ0n) is 17.9. The van der Waals surface area contributed by atoms with Gasteiger partial charge in [-0.2, -0.15) is 0 Å². The minimum atomic E-state index is -0.806. The van der Waals surface area contributed by atoms with E-state index in [-0.39, 0.29) is 18.4 Å². The lowest BCUT2D eigenvalue weighted by Crippen LogP contribution is -2.19. The SMILES string of the molecule is CN(C)CCC(Oc1ccccc1Br)c1ccc(C(CC(=O)O)c2ccccc2)cc1. The highest BCUT2D eigenvalue weighted by Crippen LogP contribution is 2.33. The van der Waals surface area contributed by atoms with Crippen molar-refractivity contribution < 1.29 is 14.6 Å². The smallest absolute Gasteiger partial charge is 0.304 e. The fraction of sp³-hybridized carbons (Fsp3) is 0.269. The van der Waals surface area contributed by atoms with E-state index in [0.29, 0.717) is 0 Å². The molecule has 0 saturated heterocycles. The Hall–Kier alpha value is -2.63. The summed E-state index contributed by atoms with van der Waals surface area (Å²) in [6, 6.07) is 25.8. The summed E-state index contributed by atoms with van der Waals surface area (Å²) in [5.74, 6) is -0.181. The third-order valence-corrected chi connectivity index (χ3v) is 5.89. The average molecular weight is 482 g/mol. The van der Waals surface area contributed by atoms with E-state index in [9.17, 15) is 9.90 Å². The van der Waals surface area contributed by atoms with Crippen LogP contribution in [0.25, 0.3) is 0 Å². The quantitative estimate of drug-likeness (QED) is 0.378. The largest absolute Gasteiger partial charge is 0.485 e. The molecule has 0 fully saturated rings. The van der Waals surface area contributed by atoms with Gasteiger partial charge in [-0.1, -0.05) is 66.7 Å². The van der Waals surface area contributed by atoms with E-state index >= 15 is 0 Å². The maximum atomic E-state index is 11.5. The summed E-state index contributed by atoms with van der Waals surface area (Å²) in [6.07, 6.45) is 0.788. The van der Waals surface area contributed by atoms with Crippen molar-refractivity contribution >= 4 is 21.9 Å². The van der Waals surface area contributed by atoms with E-state index in [1.165, 1.54) is 0 Å². The van der Waals surface area contributed by atoms with Crippen LogP contribution >= 0.6 is 15.9 Å². The highest BCUT2D eigenvalue weighted by atomic mass is 79.9. The van der Waals surface area contributed by atoms with Gasteiger partial charge in [-0.3, -0.25) is 4.79 Å². The van der Waals surface area contributed by atoms with E-state index in [0.717, 1.165) is 39.9 Å². The summed E-state index contributed by atoms with van der Waals surface area (Å²) in [6.45, 7) is 0.891. The Morgan fingerprint density at radius 2 is 1.48 bits per heavy atom. The summed E-state index contributed by atoms with van der Waals surface area (Å²) in [4.78, 5) is 13.6. The number of carbonyl (C=O) groups is 1. The van der Waals surface area contributed by atoms with Crippen molar-refractivity contribution in [3.8, 4) is 5.75 Å². The number of halogens is 1. The lowest BCUT2D eigenvalue weighted by Gasteiger charge is -2.23. The monoisotopic (exact) mass is 481 g/mol. The van der Waals surface area contributed by atoms with Crippen LogP contribution in [-0.2, 0) is 4.79 Å². The van der Waals surface area contributed by atoms with Crippen LogP contribution in [-0.4, -0.2) is 36.6 Å². The molecular weight excluding hydrogens is 454 g/mol. The predicted molar refractivity (Wildman–Crippen MR) is 128 cm³/mol. The first-order valence-electron chi connectivity index (χ1n) is 10.4. The average Bonchev–Trinajstić information content (AvgIpc) is 2.77. The second-order valence-corrected chi connectivity index (χ2v) is 8.71. The molecule has 31 heavy (non-hydrogen) atoms. The van der Waals surface area contributed by atoms with Gasteiger partial charge in [0, 0.05) is 18.9 Å². The topological polar surface area (TPSA) is 49.8 Å². The molecule has 0 aliphatic rings. The van der Waals surface area contributed by atoms with Crippen molar-refractivity contribution in [2.24, 2.45) is 0 Å². The third kappa shape index (κ3) is 6.68. The lowest BCUT2D eigenvalue weighted by molar-refractivity contribution is -0.137. The van der Waals surface area contributed by atoms with Gasteiger partial charge in [0.1, 0.15) is 11.9 Å². The van der Waals surface area contributed by atoms with E-state index in [1.807, 2.05) is 66.7 Å². The molecule has 0 spiro atoms. The molecule has 0 bridgehead atoms. The zero-order valence-corrected chi connectivity index (χ0v) is 19.5. The lowest BCUT2D eigenvalue weighted by atomic mass is 9.87. The first-order valence-corrected chi connectivity index (χ1v) is 11.2. The Balaban J connectivity index is 1.87. The summed E-state index contributed by atoms with van der Waals surface area (Å²) < 4.78 is 7.29. The Bertz CT molecular complexity index is 973. The second-order valence-electron chi connectivity index (χ2n) is 7.86. The Morgan fingerprint density at radius 3 is 2.10 bits per heavy atom. The first kappa shape index (κ1) is 23.0. The Labute approximate surface area is 192 Å². The molecule has 4 nitrogen and oxygen atoms in total. The molecule has 0 saturated carbocycles. The van der Waals surface area contributed by atoms with Crippen LogP contribution < -0.4 is 4.74 Å². The minimum Gasteiger partial charge on any atom is -0.485 e.